The summed E-state index contributed by atoms with van der Waals surface area (Å²) in [5.74, 6) is -0.170. The second kappa shape index (κ2) is 4.95. The van der Waals surface area contributed by atoms with Crippen LogP contribution in [0.4, 0.5) is 0 Å². The predicted octanol–water partition coefficient (Wildman–Crippen LogP) is 4.29. The van der Waals surface area contributed by atoms with Crippen LogP contribution in [0.3, 0.4) is 0 Å². The fraction of sp³-hybridized carbons (Fsp3) is 0.235. The van der Waals surface area contributed by atoms with Gasteiger partial charge in [-0.2, -0.15) is 0 Å². The number of hydrogen-bond acceptors (Lipinski definition) is 2. The highest BCUT2D eigenvalue weighted by molar-refractivity contribution is 6.31. The van der Waals surface area contributed by atoms with Crippen molar-refractivity contribution < 1.29 is 9.53 Å². The van der Waals surface area contributed by atoms with E-state index >= 15 is 0 Å². The topological polar surface area (TPSA) is 26.3 Å². The fourth-order valence-electron chi connectivity index (χ4n) is 2.92. The molecular formula is C17H15ClO2. The Morgan fingerprint density at radius 1 is 1.10 bits per heavy atom. The molecule has 0 spiro atoms. The van der Waals surface area contributed by atoms with E-state index in [1.54, 1.807) is 0 Å². The van der Waals surface area contributed by atoms with E-state index in [1.807, 2.05) is 61.5 Å². The lowest BCUT2D eigenvalue weighted by molar-refractivity contribution is -0.193. The van der Waals surface area contributed by atoms with Gasteiger partial charge in [0.25, 0.3) is 0 Å². The molecular weight excluding hydrogens is 272 g/mol. The van der Waals surface area contributed by atoms with Crippen LogP contribution < -0.4 is 0 Å². The molecule has 0 unspecified atom stereocenters. The molecule has 0 saturated carbocycles. The van der Waals surface area contributed by atoms with Crippen LogP contribution in [0.5, 0.6) is 0 Å². The van der Waals surface area contributed by atoms with Crippen molar-refractivity contribution in [3.8, 4) is 0 Å². The Morgan fingerprint density at radius 3 is 2.35 bits per heavy atom. The number of ether oxygens (including phenoxy) is 1. The number of carbonyl (C=O) groups excluding carboxylic acids is 1. The summed E-state index contributed by atoms with van der Waals surface area (Å²) in [7, 11) is 0. The second-order valence-electron chi connectivity index (χ2n) is 5.00. The van der Waals surface area contributed by atoms with Gasteiger partial charge in [-0.25, -0.2) is 0 Å². The van der Waals surface area contributed by atoms with Gasteiger partial charge in [0.15, 0.2) is 0 Å². The maximum Gasteiger partial charge on any atom is 0.321 e. The minimum atomic E-state index is -0.619. The molecule has 2 aromatic rings. The Bertz CT molecular complexity index is 638. The molecule has 3 heteroatoms. The average Bonchev–Trinajstić information content (AvgIpc) is 2.48. The summed E-state index contributed by atoms with van der Waals surface area (Å²) in [5, 5.41) is 0.638. The minimum Gasteiger partial charge on any atom is -0.455 e. The van der Waals surface area contributed by atoms with Crippen molar-refractivity contribution in [2.24, 2.45) is 0 Å². The van der Waals surface area contributed by atoms with Crippen LogP contribution >= 0.6 is 11.6 Å². The number of hydrogen-bond donors (Lipinski definition) is 0. The van der Waals surface area contributed by atoms with E-state index in [2.05, 4.69) is 0 Å². The van der Waals surface area contributed by atoms with Crippen molar-refractivity contribution in [1.29, 1.82) is 0 Å². The summed E-state index contributed by atoms with van der Waals surface area (Å²) in [6.07, 6.45) is 0.377. The van der Waals surface area contributed by atoms with E-state index in [0.717, 1.165) is 11.1 Å². The Hall–Kier alpha value is -1.80. The van der Waals surface area contributed by atoms with Gasteiger partial charge in [0, 0.05) is 10.6 Å². The van der Waals surface area contributed by atoms with E-state index in [9.17, 15) is 4.79 Å². The van der Waals surface area contributed by atoms with Gasteiger partial charge in [0.2, 0.25) is 0 Å². The Kier molecular flexibility index (Phi) is 3.27. The van der Waals surface area contributed by atoms with Crippen molar-refractivity contribution in [3.05, 3.63) is 70.7 Å². The normalized spacial score (nSPS) is 24.9. The molecule has 1 saturated heterocycles. The van der Waals surface area contributed by atoms with E-state index in [0.29, 0.717) is 11.4 Å². The van der Waals surface area contributed by atoms with Gasteiger partial charge in [-0.15, -0.1) is 0 Å². The molecule has 0 N–H and O–H groups in total. The van der Waals surface area contributed by atoms with Gasteiger partial charge < -0.3 is 4.74 Å². The Balaban J connectivity index is 2.10. The molecule has 0 bridgehead atoms. The third-order valence-electron chi connectivity index (χ3n) is 4.07. The van der Waals surface area contributed by atoms with Gasteiger partial charge in [-0.3, -0.25) is 4.79 Å². The van der Waals surface area contributed by atoms with Crippen molar-refractivity contribution in [1.82, 2.24) is 0 Å². The summed E-state index contributed by atoms with van der Waals surface area (Å²) in [5.41, 5.74) is 1.25. The standard InChI is InChI=1S/C17H15ClO2/c1-2-17(12-8-4-3-5-9-12)15(20-16(17)19)13-10-6-7-11-14(13)18/h3-11,15H,2H2,1H3/t15-,17-/m1/s1. The van der Waals surface area contributed by atoms with Crippen LogP contribution in [-0.4, -0.2) is 5.97 Å². The molecule has 2 aromatic carbocycles. The van der Waals surface area contributed by atoms with Crippen LogP contribution in [0.2, 0.25) is 5.02 Å². The zero-order valence-electron chi connectivity index (χ0n) is 11.2. The summed E-state index contributed by atoms with van der Waals surface area (Å²) in [6.45, 7) is 2.01. The quantitative estimate of drug-likeness (QED) is 0.787. The van der Waals surface area contributed by atoms with E-state index < -0.39 is 5.41 Å². The first-order chi connectivity index (χ1) is 9.70. The monoisotopic (exact) mass is 286 g/mol. The van der Waals surface area contributed by atoms with Crippen molar-refractivity contribution in [2.75, 3.05) is 0 Å². The summed E-state index contributed by atoms with van der Waals surface area (Å²) < 4.78 is 5.44. The fourth-order valence-corrected chi connectivity index (χ4v) is 3.15. The van der Waals surface area contributed by atoms with Gasteiger partial charge >= 0.3 is 5.97 Å². The first kappa shape index (κ1) is 13.2. The maximum atomic E-state index is 12.2. The Labute approximate surface area is 123 Å². The zero-order valence-corrected chi connectivity index (χ0v) is 11.9. The van der Waals surface area contributed by atoms with Crippen LogP contribution in [0.1, 0.15) is 30.6 Å². The number of rotatable bonds is 3. The smallest absolute Gasteiger partial charge is 0.321 e. The molecule has 2 atom stereocenters. The molecule has 0 aromatic heterocycles. The predicted molar refractivity (Wildman–Crippen MR) is 78.7 cm³/mol. The van der Waals surface area contributed by atoms with Crippen LogP contribution in [-0.2, 0) is 14.9 Å². The molecule has 102 valence electrons. The van der Waals surface area contributed by atoms with Crippen molar-refractivity contribution in [3.63, 3.8) is 0 Å². The van der Waals surface area contributed by atoms with E-state index in [1.165, 1.54) is 0 Å². The summed E-state index contributed by atoms with van der Waals surface area (Å²) in [6, 6.07) is 17.3. The first-order valence-electron chi connectivity index (χ1n) is 6.71. The van der Waals surface area contributed by atoms with Crippen molar-refractivity contribution in [2.45, 2.75) is 24.9 Å². The highest BCUT2D eigenvalue weighted by Crippen LogP contribution is 2.52. The summed E-state index contributed by atoms with van der Waals surface area (Å²) >= 11 is 6.26. The van der Waals surface area contributed by atoms with E-state index in [4.69, 9.17) is 16.3 Å². The molecule has 0 radical (unpaired) electrons. The molecule has 2 nitrogen and oxygen atoms in total. The molecule has 20 heavy (non-hydrogen) atoms. The number of benzene rings is 2. The Morgan fingerprint density at radius 2 is 1.75 bits per heavy atom. The molecule has 0 amide bonds. The largest absolute Gasteiger partial charge is 0.455 e. The van der Waals surface area contributed by atoms with Gasteiger partial charge in [0.1, 0.15) is 11.5 Å². The third-order valence-corrected chi connectivity index (χ3v) is 4.42. The first-order valence-corrected chi connectivity index (χ1v) is 7.09. The number of carbonyl (C=O) groups is 1. The molecule has 0 aliphatic carbocycles. The van der Waals surface area contributed by atoms with Gasteiger partial charge in [-0.1, -0.05) is 67.1 Å². The highest BCUT2D eigenvalue weighted by atomic mass is 35.5. The SMILES string of the molecule is CC[C@]1(c2ccccc2)C(=O)O[C@@H]1c1ccccc1Cl. The van der Waals surface area contributed by atoms with Gasteiger partial charge in [0.05, 0.1) is 0 Å². The lowest BCUT2D eigenvalue weighted by atomic mass is 9.67. The molecule has 1 fully saturated rings. The lowest BCUT2D eigenvalue weighted by Crippen LogP contribution is -2.54. The number of cyclic esters (lactones) is 1. The molecule has 1 aliphatic rings. The maximum absolute atomic E-state index is 12.2. The van der Waals surface area contributed by atoms with Crippen LogP contribution in [0.15, 0.2) is 54.6 Å². The van der Waals surface area contributed by atoms with Crippen LogP contribution in [0, 0.1) is 0 Å². The minimum absolute atomic E-state index is 0.170. The van der Waals surface area contributed by atoms with E-state index in [-0.39, 0.29) is 12.1 Å². The molecule has 1 heterocycles. The van der Waals surface area contributed by atoms with Crippen molar-refractivity contribution >= 4 is 17.6 Å². The molecule has 3 rings (SSSR count). The molecule has 1 aliphatic heterocycles. The zero-order chi connectivity index (χ0) is 14.2. The van der Waals surface area contributed by atoms with Crippen LogP contribution in [0.25, 0.3) is 0 Å². The third kappa shape index (κ3) is 1.75. The highest BCUT2D eigenvalue weighted by Gasteiger charge is 2.58. The number of halogens is 1. The second-order valence-corrected chi connectivity index (χ2v) is 5.40. The van der Waals surface area contributed by atoms with Gasteiger partial charge in [-0.05, 0) is 18.1 Å². The average molecular weight is 287 g/mol. The lowest BCUT2D eigenvalue weighted by Gasteiger charge is -2.47. The number of esters is 1. The summed E-state index contributed by atoms with van der Waals surface area (Å²) in [4.78, 5) is 12.2.